The lowest BCUT2D eigenvalue weighted by molar-refractivity contribution is 0.536. The number of aryl methyl sites for hydroxylation is 1. The van der Waals surface area contributed by atoms with Gasteiger partial charge in [-0.2, -0.15) is 0 Å². The molecule has 0 heterocycles. The highest BCUT2D eigenvalue weighted by Gasteiger charge is 2.27. The van der Waals surface area contributed by atoms with Crippen LogP contribution in [0.3, 0.4) is 0 Å². The summed E-state index contributed by atoms with van der Waals surface area (Å²) in [5.41, 5.74) is 8.66. The van der Waals surface area contributed by atoms with Gasteiger partial charge in [0.05, 0.1) is 10.7 Å². The first kappa shape index (κ1) is 11.6. The third-order valence-corrected chi connectivity index (χ3v) is 3.71. The molecule has 3 N–H and O–H groups in total. The molecule has 3 heteroatoms. The molecule has 2 rings (SSSR count). The van der Waals surface area contributed by atoms with Crippen molar-refractivity contribution in [2.24, 2.45) is 11.8 Å². The van der Waals surface area contributed by atoms with E-state index in [1.165, 1.54) is 12.8 Å². The maximum atomic E-state index is 6.01. The first-order valence-electron chi connectivity index (χ1n) is 5.87. The fourth-order valence-corrected chi connectivity index (χ4v) is 2.16. The van der Waals surface area contributed by atoms with Crippen molar-refractivity contribution >= 4 is 23.0 Å². The summed E-state index contributed by atoms with van der Waals surface area (Å²) in [6.45, 7) is 5.38. The standard InChI is InChI=1S/C13H19ClN2/c1-8-5-12(15)11(14)6-13(8)16-7-9(2)10-3-4-10/h5-6,9-10,16H,3-4,7,15H2,1-2H3. The van der Waals surface area contributed by atoms with E-state index in [1.807, 2.05) is 12.1 Å². The SMILES string of the molecule is Cc1cc(N)c(Cl)cc1NCC(C)C1CC1. The molecule has 1 fully saturated rings. The summed E-state index contributed by atoms with van der Waals surface area (Å²) in [6, 6.07) is 3.85. The lowest BCUT2D eigenvalue weighted by Crippen LogP contribution is -2.13. The molecule has 0 aromatic heterocycles. The Morgan fingerprint density at radius 1 is 1.50 bits per heavy atom. The van der Waals surface area contributed by atoms with Crippen LogP contribution in [0.1, 0.15) is 25.3 Å². The summed E-state index contributed by atoms with van der Waals surface area (Å²) in [7, 11) is 0. The number of nitrogens with one attached hydrogen (secondary N) is 1. The molecule has 0 amide bonds. The average molecular weight is 239 g/mol. The molecule has 0 saturated heterocycles. The molecule has 88 valence electrons. The summed E-state index contributed by atoms with van der Waals surface area (Å²) < 4.78 is 0. The Hall–Kier alpha value is -0.890. The van der Waals surface area contributed by atoms with Gasteiger partial charge in [0.2, 0.25) is 0 Å². The number of benzene rings is 1. The summed E-state index contributed by atoms with van der Waals surface area (Å²) in [6.07, 6.45) is 2.79. The fraction of sp³-hybridized carbons (Fsp3) is 0.538. The molecule has 1 saturated carbocycles. The Morgan fingerprint density at radius 3 is 2.81 bits per heavy atom. The van der Waals surface area contributed by atoms with Crippen LogP contribution >= 0.6 is 11.6 Å². The monoisotopic (exact) mass is 238 g/mol. The maximum Gasteiger partial charge on any atom is 0.0656 e. The number of anilines is 2. The minimum absolute atomic E-state index is 0.632. The second-order valence-electron chi connectivity index (χ2n) is 4.88. The van der Waals surface area contributed by atoms with Crippen LogP contribution in [0.25, 0.3) is 0 Å². The molecule has 1 aromatic rings. The van der Waals surface area contributed by atoms with Crippen LogP contribution in [-0.2, 0) is 0 Å². The van der Waals surface area contributed by atoms with Gasteiger partial charge in [-0.15, -0.1) is 0 Å². The summed E-state index contributed by atoms with van der Waals surface area (Å²) >= 11 is 6.01. The first-order valence-corrected chi connectivity index (χ1v) is 6.25. The first-order chi connectivity index (χ1) is 7.58. The lowest BCUT2D eigenvalue weighted by atomic mass is 10.1. The topological polar surface area (TPSA) is 38.0 Å². The Balaban J connectivity index is 2.00. The van der Waals surface area contributed by atoms with Gasteiger partial charge in [-0.1, -0.05) is 18.5 Å². The molecule has 2 nitrogen and oxygen atoms in total. The number of nitrogens with two attached hydrogens (primary N) is 1. The van der Waals surface area contributed by atoms with Crippen molar-refractivity contribution in [1.82, 2.24) is 0 Å². The van der Waals surface area contributed by atoms with E-state index in [0.717, 1.165) is 29.6 Å². The normalized spacial score (nSPS) is 17.2. The van der Waals surface area contributed by atoms with Crippen molar-refractivity contribution in [2.45, 2.75) is 26.7 Å². The van der Waals surface area contributed by atoms with E-state index in [2.05, 4.69) is 19.2 Å². The van der Waals surface area contributed by atoms with E-state index in [4.69, 9.17) is 17.3 Å². The van der Waals surface area contributed by atoms with Gasteiger partial charge in [0.25, 0.3) is 0 Å². The van der Waals surface area contributed by atoms with Crippen molar-refractivity contribution in [1.29, 1.82) is 0 Å². The quantitative estimate of drug-likeness (QED) is 0.786. The van der Waals surface area contributed by atoms with Gasteiger partial charge in [-0.3, -0.25) is 0 Å². The van der Waals surface area contributed by atoms with E-state index in [1.54, 1.807) is 0 Å². The number of hydrogen-bond acceptors (Lipinski definition) is 2. The number of rotatable bonds is 4. The fourth-order valence-electron chi connectivity index (χ4n) is 2.00. The largest absolute Gasteiger partial charge is 0.398 e. The van der Waals surface area contributed by atoms with Crippen LogP contribution in [0, 0.1) is 18.8 Å². The van der Waals surface area contributed by atoms with E-state index in [0.29, 0.717) is 10.7 Å². The Kier molecular flexibility index (Phi) is 3.29. The molecule has 0 bridgehead atoms. The second kappa shape index (κ2) is 4.54. The number of halogens is 1. The van der Waals surface area contributed by atoms with Crippen LogP contribution in [0.5, 0.6) is 0 Å². The maximum absolute atomic E-state index is 6.01. The average Bonchev–Trinajstić information content (AvgIpc) is 3.04. The van der Waals surface area contributed by atoms with Crippen LogP contribution in [0.15, 0.2) is 12.1 Å². The molecule has 0 radical (unpaired) electrons. The third kappa shape index (κ3) is 2.62. The van der Waals surface area contributed by atoms with Crippen molar-refractivity contribution in [3.05, 3.63) is 22.7 Å². The van der Waals surface area contributed by atoms with Crippen molar-refractivity contribution in [3.8, 4) is 0 Å². The van der Waals surface area contributed by atoms with Crippen molar-refractivity contribution in [3.63, 3.8) is 0 Å². The van der Waals surface area contributed by atoms with E-state index >= 15 is 0 Å². The van der Waals surface area contributed by atoms with Crippen LogP contribution in [0.2, 0.25) is 5.02 Å². The Labute approximate surface area is 102 Å². The van der Waals surface area contributed by atoms with Crippen LogP contribution < -0.4 is 11.1 Å². The summed E-state index contributed by atoms with van der Waals surface area (Å²) in [5.74, 6) is 1.67. The highest BCUT2D eigenvalue weighted by molar-refractivity contribution is 6.33. The molecule has 16 heavy (non-hydrogen) atoms. The van der Waals surface area contributed by atoms with Crippen LogP contribution in [0.4, 0.5) is 11.4 Å². The minimum atomic E-state index is 0.632. The lowest BCUT2D eigenvalue weighted by Gasteiger charge is -2.15. The van der Waals surface area contributed by atoms with Gasteiger partial charge >= 0.3 is 0 Å². The zero-order chi connectivity index (χ0) is 11.7. The van der Waals surface area contributed by atoms with Gasteiger partial charge in [-0.05, 0) is 49.3 Å². The summed E-state index contributed by atoms with van der Waals surface area (Å²) in [4.78, 5) is 0. The van der Waals surface area contributed by atoms with Crippen molar-refractivity contribution < 1.29 is 0 Å². The molecule has 1 unspecified atom stereocenters. The highest BCUT2D eigenvalue weighted by Crippen LogP contribution is 2.36. The molecular formula is C13H19ClN2. The predicted octanol–water partition coefficient (Wildman–Crippen LogP) is 3.69. The highest BCUT2D eigenvalue weighted by atomic mass is 35.5. The Morgan fingerprint density at radius 2 is 2.19 bits per heavy atom. The zero-order valence-corrected chi connectivity index (χ0v) is 10.6. The number of nitrogen functional groups attached to an aromatic ring is 1. The molecule has 1 aliphatic carbocycles. The molecule has 1 atom stereocenters. The van der Waals surface area contributed by atoms with Gasteiger partial charge in [0.15, 0.2) is 0 Å². The molecule has 0 spiro atoms. The van der Waals surface area contributed by atoms with Crippen LogP contribution in [-0.4, -0.2) is 6.54 Å². The molecule has 0 aliphatic heterocycles. The minimum Gasteiger partial charge on any atom is -0.398 e. The number of hydrogen-bond donors (Lipinski definition) is 2. The van der Waals surface area contributed by atoms with E-state index in [-0.39, 0.29) is 0 Å². The van der Waals surface area contributed by atoms with Gasteiger partial charge in [0.1, 0.15) is 0 Å². The molecule has 1 aliphatic rings. The molecule has 1 aromatic carbocycles. The third-order valence-electron chi connectivity index (χ3n) is 3.38. The van der Waals surface area contributed by atoms with Gasteiger partial charge in [-0.25, -0.2) is 0 Å². The van der Waals surface area contributed by atoms with E-state index < -0.39 is 0 Å². The smallest absolute Gasteiger partial charge is 0.0656 e. The second-order valence-corrected chi connectivity index (χ2v) is 5.29. The zero-order valence-electron chi connectivity index (χ0n) is 9.89. The van der Waals surface area contributed by atoms with Gasteiger partial charge < -0.3 is 11.1 Å². The molecular weight excluding hydrogens is 220 g/mol. The van der Waals surface area contributed by atoms with Gasteiger partial charge in [0, 0.05) is 12.2 Å². The van der Waals surface area contributed by atoms with Crippen molar-refractivity contribution in [2.75, 3.05) is 17.6 Å². The predicted molar refractivity (Wildman–Crippen MR) is 71.0 cm³/mol. The summed E-state index contributed by atoms with van der Waals surface area (Å²) in [5, 5.41) is 4.09. The van der Waals surface area contributed by atoms with E-state index in [9.17, 15) is 0 Å². The Bertz CT molecular complexity index is 386.